The first-order valence-corrected chi connectivity index (χ1v) is 7.87. The third kappa shape index (κ3) is 3.36. The number of halogens is 2. The second-order valence-corrected chi connectivity index (χ2v) is 6.83. The Morgan fingerprint density at radius 1 is 1.05 bits per heavy atom. The summed E-state index contributed by atoms with van der Waals surface area (Å²) in [7, 11) is -3.79. The summed E-state index contributed by atoms with van der Waals surface area (Å²) in [6, 6.07) is 9.18. The predicted octanol–water partition coefficient (Wildman–Crippen LogP) is 3.68. The molecule has 0 fully saturated rings. The van der Waals surface area contributed by atoms with Gasteiger partial charge in [0.2, 0.25) is 0 Å². The largest absolute Gasteiger partial charge is 0.398 e. The first-order valence-electron chi connectivity index (χ1n) is 5.63. The number of sulfonamides is 1. The van der Waals surface area contributed by atoms with E-state index < -0.39 is 10.0 Å². The van der Waals surface area contributed by atoms with Gasteiger partial charge in [-0.2, -0.15) is 0 Å². The van der Waals surface area contributed by atoms with Crippen LogP contribution in [0.25, 0.3) is 0 Å². The molecule has 4 nitrogen and oxygen atoms in total. The monoisotopic (exact) mass is 330 g/mol. The number of hydrogen-bond donors (Lipinski definition) is 2. The van der Waals surface area contributed by atoms with Crippen molar-refractivity contribution in [3.63, 3.8) is 0 Å². The van der Waals surface area contributed by atoms with E-state index in [4.69, 9.17) is 28.9 Å². The van der Waals surface area contributed by atoms with Crippen LogP contribution in [-0.2, 0) is 10.0 Å². The molecule has 0 radical (unpaired) electrons. The molecule has 0 saturated heterocycles. The molecule has 0 atom stereocenters. The highest BCUT2D eigenvalue weighted by Gasteiger charge is 2.17. The number of nitrogens with two attached hydrogens (primary N) is 1. The number of anilines is 2. The zero-order valence-electron chi connectivity index (χ0n) is 10.5. The van der Waals surface area contributed by atoms with Crippen LogP contribution in [0.3, 0.4) is 0 Å². The van der Waals surface area contributed by atoms with E-state index in [1.165, 1.54) is 24.3 Å². The molecule has 0 bridgehead atoms. The van der Waals surface area contributed by atoms with Crippen LogP contribution < -0.4 is 10.5 Å². The highest BCUT2D eigenvalue weighted by Crippen LogP contribution is 2.26. The Morgan fingerprint density at radius 2 is 1.65 bits per heavy atom. The van der Waals surface area contributed by atoms with E-state index in [1.54, 1.807) is 12.1 Å². The molecule has 0 aliphatic heterocycles. The second-order valence-electron chi connectivity index (χ2n) is 4.30. The molecule has 0 heterocycles. The Kier molecular flexibility index (Phi) is 4.13. The standard InChI is InChI=1S/C13H12Cl2N2O2S/c1-8-2-3-13(12(16)4-8)20(18,19)17-11-6-9(14)5-10(15)7-11/h2-7,17H,16H2,1H3. The van der Waals surface area contributed by atoms with Gasteiger partial charge >= 0.3 is 0 Å². The van der Waals surface area contributed by atoms with E-state index in [0.717, 1.165) is 5.56 Å². The average Bonchev–Trinajstić information content (AvgIpc) is 2.25. The van der Waals surface area contributed by atoms with Gasteiger partial charge in [0.1, 0.15) is 4.90 Å². The van der Waals surface area contributed by atoms with E-state index in [9.17, 15) is 8.42 Å². The molecule has 7 heteroatoms. The molecule has 0 aromatic heterocycles. The Labute approximate surface area is 127 Å². The highest BCUT2D eigenvalue weighted by molar-refractivity contribution is 7.92. The van der Waals surface area contributed by atoms with Crippen LogP contribution in [0.1, 0.15) is 5.56 Å². The third-order valence-corrected chi connectivity index (χ3v) is 4.46. The number of aryl methyl sites for hydroxylation is 1. The number of nitrogen functional groups attached to an aromatic ring is 1. The lowest BCUT2D eigenvalue weighted by molar-refractivity contribution is 0.601. The van der Waals surface area contributed by atoms with Gasteiger partial charge in [0.25, 0.3) is 10.0 Å². The van der Waals surface area contributed by atoms with Crippen LogP contribution >= 0.6 is 23.2 Å². The van der Waals surface area contributed by atoms with E-state index in [0.29, 0.717) is 10.0 Å². The summed E-state index contributed by atoms with van der Waals surface area (Å²) in [5, 5.41) is 0.680. The molecule has 0 spiro atoms. The van der Waals surface area contributed by atoms with Gasteiger partial charge in [-0.25, -0.2) is 8.42 Å². The third-order valence-electron chi connectivity index (χ3n) is 2.57. The van der Waals surface area contributed by atoms with E-state index in [-0.39, 0.29) is 16.3 Å². The lowest BCUT2D eigenvalue weighted by Gasteiger charge is -2.11. The van der Waals surface area contributed by atoms with E-state index in [1.807, 2.05) is 6.92 Å². The van der Waals surface area contributed by atoms with Crippen LogP contribution in [0.2, 0.25) is 10.0 Å². The zero-order valence-corrected chi connectivity index (χ0v) is 12.9. The molecule has 0 amide bonds. The van der Waals surface area contributed by atoms with Crippen LogP contribution in [0.5, 0.6) is 0 Å². The van der Waals surface area contributed by atoms with E-state index in [2.05, 4.69) is 4.72 Å². The van der Waals surface area contributed by atoms with Crippen molar-refractivity contribution in [3.8, 4) is 0 Å². The molecule has 106 valence electrons. The van der Waals surface area contributed by atoms with Gasteiger partial charge in [-0.15, -0.1) is 0 Å². The topological polar surface area (TPSA) is 72.2 Å². The summed E-state index contributed by atoms with van der Waals surface area (Å²) >= 11 is 11.7. The average molecular weight is 331 g/mol. The number of rotatable bonds is 3. The Bertz CT molecular complexity index is 741. The van der Waals surface area contributed by atoms with Crippen LogP contribution in [0, 0.1) is 6.92 Å². The summed E-state index contributed by atoms with van der Waals surface area (Å²) in [5.41, 5.74) is 7.10. The molecular formula is C13H12Cl2N2O2S. The Morgan fingerprint density at radius 3 is 2.20 bits per heavy atom. The fourth-order valence-corrected chi connectivity index (χ4v) is 3.42. The van der Waals surface area contributed by atoms with Gasteiger partial charge in [-0.3, -0.25) is 4.72 Å². The first kappa shape index (κ1) is 15.0. The molecule has 2 aromatic rings. The van der Waals surface area contributed by atoms with Crippen molar-refractivity contribution >= 4 is 44.6 Å². The number of hydrogen-bond acceptors (Lipinski definition) is 3. The van der Waals surface area contributed by atoms with Crippen molar-refractivity contribution in [1.29, 1.82) is 0 Å². The quantitative estimate of drug-likeness (QED) is 0.843. The molecule has 0 aliphatic rings. The van der Waals surface area contributed by atoms with Crippen LogP contribution in [-0.4, -0.2) is 8.42 Å². The zero-order chi connectivity index (χ0) is 14.9. The Balaban J connectivity index is 2.40. The van der Waals surface area contributed by atoms with Gasteiger partial charge in [0.15, 0.2) is 0 Å². The Hall–Kier alpha value is -1.43. The summed E-state index contributed by atoms with van der Waals surface area (Å²) in [6.45, 7) is 1.83. The van der Waals surface area contributed by atoms with Gasteiger partial charge in [-0.1, -0.05) is 29.3 Å². The van der Waals surface area contributed by atoms with Crippen molar-refractivity contribution in [2.24, 2.45) is 0 Å². The first-order chi connectivity index (χ1) is 9.28. The molecule has 0 unspecified atom stereocenters. The summed E-state index contributed by atoms with van der Waals surface area (Å²) in [5.74, 6) is 0. The predicted molar refractivity (Wildman–Crippen MR) is 82.9 cm³/mol. The summed E-state index contributed by atoms with van der Waals surface area (Å²) in [6.07, 6.45) is 0. The minimum atomic E-state index is -3.79. The lowest BCUT2D eigenvalue weighted by Crippen LogP contribution is -2.14. The van der Waals surface area contributed by atoms with Gasteiger partial charge in [0.05, 0.1) is 11.4 Å². The van der Waals surface area contributed by atoms with Crippen molar-refractivity contribution in [1.82, 2.24) is 0 Å². The van der Waals surface area contributed by atoms with Crippen LogP contribution in [0.15, 0.2) is 41.3 Å². The summed E-state index contributed by atoms with van der Waals surface area (Å²) in [4.78, 5) is 0.0131. The highest BCUT2D eigenvalue weighted by atomic mass is 35.5. The van der Waals surface area contributed by atoms with Crippen molar-refractivity contribution in [2.75, 3.05) is 10.5 Å². The second kappa shape index (κ2) is 5.52. The number of benzene rings is 2. The maximum absolute atomic E-state index is 12.3. The van der Waals surface area contributed by atoms with Gasteiger partial charge < -0.3 is 5.73 Å². The molecule has 0 aliphatic carbocycles. The molecular weight excluding hydrogens is 319 g/mol. The van der Waals surface area contributed by atoms with Gasteiger partial charge in [0, 0.05) is 10.0 Å². The fraction of sp³-hybridized carbons (Fsp3) is 0.0769. The maximum Gasteiger partial charge on any atom is 0.263 e. The molecule has 2 aromatic carbocycles. The summed E-state index contributed by atoms with van der Waals surface area (Å²) < 4.78 is 27.0. The minimum Gasteiger partial charge on any atom is -0.398 e. The minimum absolute atomic E-state index is 0.0131. The normalized spacial score (nSPS) is 11.3. The van der Waals surface area contributed by atoms with E-state index >= 15 is 0 Å². The van der Waals surface area contributed by atoms with Crippen molar-refractivity contribution in [2.45, 2.75) is 11.8 Å². The fourth-order valence-electron chi connectivity index (χ4n) is 1.74. The SMILES string of the molecule is Cc1ccc(S(=O)(=O)Nc2cc(Cl)cc(Cl)c2)c(N)c1. The van der Waals surface area contributed by atoms with Gasteiger partial charge in [-0.05, 0) is 42.8 Å². The molecule has 20 heavy (non-hydrogen) atoms. The van der Waals surface area contributed by atoms with Crippen molar-refractivity contribution in [3.05, 3.63) is 52.0 Å². The van der Waals surface area contributed by atoms with Crippen molar-refractivity contribution < 1.29 is 8.42 Å². The lowest BCUT2D eigenvalue weighted by atomic mass is 10.2. The molecule has 3 N–H and O–H groups in total. The molecule has 2 rings (SSSR count). The maximum atomic E-state index is 12.3. The number of nitrogens with one attached hydrogen (secondary N) is 1. The van der Waals surface area contributed by atoms with Crippen LogP contribution in [0.4, 0.5) is 11.4 Å². The smallest absolute Gasteiger partial charge is 0.263 e. The molecule has 0 saturated carbocycles.